The maximum Gasteiger partial charge on any atom is 0.409 e. The predicted molar refractivity (Wildman–Crippen MR) is 284 cm³/mol. The van der Waals surface area contributed by atoms with Crippen LogP contribution >= 0.6 is 23.4 Å². The van der Waals surface area contributed by atoms with Crippen LogP contribution in [0.5, 0.6) is 0 Å². The number of ether oxygens (including phenoxy) is 7. The number of nitrogens with one attached hydrogen (secondary N) is 3. The molecule has 0 saturated carbocycles. The van der Waals surface area contributed by atoms with E-state index in [1.807, 2.05) is 70.5 Å². The second-order valence-electron chi connectivity index (χ2n) is 19.4. The lowest BCUT2D eigenvalue weighted by Crippen LogP contribution is -2.60. The molecule has 430 valence electrons. The standard InChI is InChI=1S/C44H61ClN4O12S.C9H17NO5/c1-9-46-35(50)13-14-49-37(52)22-33(40(49)53)62-18-17-57-15-16-58-29(6)41(54)60-34-23-36(51)48(8)31-21-30(20-26(3)38(31)45)19-25(2)11-10-12-27(4)44(56)24-32(59-42(55)47-44)28(5)39-43(34,7)61-39;1-3-13-6-7-14-5-4-9(12)15-10-8(2)11/h10-12,20-21,27-29,32-34,39,56H,9,13-19,22-24H2,1-8H3,(H,46,50)(H,47,55);3-7H2,1-2H3,(H,10,11)/b12-10+,25-11+;/t27-,28-,29+,32?,33?,34+,39+,43+,44+;/m1./s1. The van der Waals surface area contributed by atoms with Crippen molar-refractivity contribution < 1.29 is 81.5 Å². The highest BCUT2D eigenvalue weighted by atomic mass is 35.5. The molecule has 3 saturated heterocycles. The van der Waals surface area contributed by atoms with Gasteiger partial charge in [0.25, 0.3) is 0 Å². The van der Waals surface area contributed by atoms with Gasteiger partial charge in [0.15, 0.2) is 6.10 Å². The first kappa shape index (κ1) is 64.4. The molecule has 0 radical (unpaired) electrons. The number of likely N-dealkylation sites (tertiary alicyclic amines) is 1. The molecule has 3 fully saturated rings. The molecular weight excluding hydrogens is 1050 g/mol. The van der Waals surface area contributed by atoms with Crippen molar-refractivity contribution in [2.24, 2.45) is 11.8 Å². The second-order valence-corrected chi connectivity index (χ2v) is 21.1. The summed E-state index contributed by atoms with van der Waals surface area (Å²) >= 11 is 8.09. The Morgan fingerprint density at radius 3 is 2.38 bits per heavy atom. The number of aliphatic hydroxyl groups is 1. The topological polar surface area (TPSA) is 276 Å². The van der Waals surface area contributed by atoms with Crippen molar-refractivity contribution in [3.63, 3.8) is 0 Å². The summed E-state index contributed by atoms with van der Waals surface area (Å²) in [6.07, 6.45) is 1.88. The van der Waals surface area contributed by atoms with Gasteiger partial charge in [-0.2, -0.15) is 5.48 Å². The first-order valence-corrected chi connectivity index (χ1v) is 27.4. The smallest absolute Gasteiger partial charge is 0.409 e. The van der Waals surface area contributed by atoms with Crippen LogP contribution in [0.2, 0.25) is 5.02 Å². The lowest BCUT2D eigenvalue weighted by molar-refractivity contribution is -0.166. The summed E-state index contributed by atoms with van der Waals surface area (Å²) in [7, 11) is 1.62. The van der Waals surface area contributed by atoms with Crippen LogP contribution in [0.25, 0.3) is 0 Å². The van der Waals surface area contributed by atoms with E-state index in [1.54, 1.807) is 20.9 Å². The van der Waals surface area contributed by atoms with E-state index < -0.39 is 76.8 Å². The molecule has 2 unspecified atom stereocenters. The van der Waals surface area contributed by atoms with Crippen LogP contribution in [-0.4, -0.2) is 171 Å². The third-order valence-corrected chi connectivity index (χ3v) is 15.0. The maximum absolute atomic E-state index is 14.1. The van der Waals surface area contributed by atoms with Gasteiger partial charge in [-0.15, -0.1) is 11.8 Å². The van der Waals surface area contributed by atoms with Gasteiger partial charge in [-0.05, 0) is 65.2 Å². The number of esters is 1. The van der Waals surface area contributed by atoms with Gasteiger partial charge in [0, 0.05) is 70.5 Å². The van der Waals surface area contributed by atoms with E-state index in [2.05, 4.69) is 15.5 Å². The van der Waals surface area contributed by atoms with Gasteiger partial charge in [-0.25, -0.2) is 14.4 Å². The van der Waals surface area contributed by atoms with Crippen molar-refractivity contribution in [3.8, 4) is 0 Å². The lowest BCUT2D eigenvalue weighted by Gasteiger charge is -2.41. The molecule has 0 aliphatic carbocycles. The predicted octanol–water partition coefficient (Wildman–Crippen LogP) is 4.42. The molecular formula is C53H78ClN5O17S. The zero-order valence-corrected chi connectivity index (χ0v) is 47.5. The Kier molecular flexibility index (Phi) is 25.8. The largest absolute Gasteiger partial charge is 0.457 e. The molecule has 4 aliphatic heterocycles. The fourth-order valence-corrected chi connectivity index (χ4v) is 9.97. The first-order valence-electron chi connectivity index (χ1n) is 26.0. The van der Waals surface area contributed by atoms with E-state index in [4.69, 9.17) is 44.8 Å². The molecule has 4 aliphatic rings. The van der Waals surface area contributed by atoms with Crippen LogP contribution in [0.4, 0.5) is 10.5 Å². The van der Waals surface area contributed by atoms with Crippen molar-refractivity contribution in [1.82, 2.24) is 21.0 Å². The number of halogens is 1. The summed E-state index contributed by atoms with van der Waals surface area (Å²) < 4.78 is 39.5. The number of anilines is 1. The summed E-state index contributed by atoms with van der Waals surface area (Å²) in [4.78, 5) is 106. The first-order chi connectivity index (χ1) is 36.4. The van der Waals surface area contributed by atoms with Crippen LogP contribution < -0.4 is 21.0 Å². The minimum Gasteiger partial charge on any atom is -0.457 e. The quantitative estimate of drug-likeness (QED) is 0.0331. The molecule has 0 aromatic heterocycles. The summed E-state index contributed by atoms with van der Waals surface area (Å²) in [5, 5.41) is 16.8. The van der Waals surface area contributed by atoms with Gasteiger partial charge in [0.05, 0.1) is 74.5 Å². The molecule has 77 heavy (non-hydrogen) atoms. The van der Waals surface area contributed by atoms with Crippen molar-refractivity contribution in [2.45, 2.75) is 142 Å². The number of thioether (sulfide) groups is 1. The van der Waals surface area contributed by atoms with Gasteiger partial charge in [0.2, 0.25) is 29.5 Å². The van der Waals surface area contributed by atoms with E-state index in [9.17, 15) is 43.5 Å². The van der Waals surface area contributed by atoms with E-state index in [-0.39, 0.29) is 88.7 Å². The van der Waals surface area contributed by atoms with Crippen LogP contribution in [-0.2, 0) is 78.0 Å². The van der Waals surface area contributed by atoms with Crippen molar-refractivity contribution in [1.29, 1.82) is 0 Å². The summed E-state index contributed by atoms with van der Waals surface area (Å²) in [6.45, 7) is 18.5. The number of alkyl carbamates (subject to hydrolysis) is 1. The van der Waals surface area contributed by atoms with E-state index >= 15 is 0 Å². The number of aryl methyl sites for hydroxylation is 1. The van der Waals surface area contributed by atoms with Gasteiger partial charge in [-0.1, -0.05) is 55.3 Å². The molecule has 0 spiro atoms. The van der Waals surface area contributed by atoms with Crippen LogP contribution in [0.15, 0.2) is 35.9 Å². The number of imide groups is 1. The third-order valence-electron chi connectivity index (χ3n) is 13.3. The van der Waals surface area contributed by atoms with E-state index in [1.165, 1.54) is 30.5 Å². The number of hydrogen-bond acceptors (Lipinski definition) is 18. The zero-order chi connectivity index (χ0) is 57.0. The number of carbonyl (C=O) groups excluding carboxylic acids is 8. The molecule has 4 heterocycles. The number of nitrogens with zero attached hydrogens (tertiary/aromatic N) is 2. The molecule has 4 N–H and O–H groups in total. The average molecular weight is 1120 g/mol. The zero-order valence-electron chi connectivity index (χ0n) is 45.9. The number of epoxide rings is 1. The molecule has 9 atom stereocenters. The molecule has 24 heteroatoms. The SMILES string of the molecule is CCNC(=O)CCN1C(=O)CC(SCCOCCO[C@@H](C)C(=O)O[C@H]2CC(=O)N(C)c3cc(cc(C)c3Cl)C/C(C)=C/C=C/[C@@H](C)[C@@]3(O)CC(OC(=O)N3)[C@@H](C)[C@@H]3O[C@@]23C)C1=O.CCOCCOCCC(=O)ONC(C)=O. The van der Waals surface area contributed by atoms with Gasteiger partial charge in [-0.3, -0.25) is 34.2 Å². The fraction of sp³-hybridized carbons (Fsp3) is 0.660. The van der Waals surface area contributed by atoms with Crippen molar-refractivity contribution >= 4 is 76.6 Å². The highest BCUT2D eigenvalue weighted by Gasteiger charge is 2.64. The van der Waals surface area contributed by atoms with E-state index in [0.29, 0.717) is 49.2 Å². The molecule has 1 aromatic carbocycles. The number of fused-ring (bicyclic) bond motifs is 5. The van der Waals surface area contributed by atoms with Gasteiger partial charge >= 0.3 is 18.0 Å². The number of allylic oxidation sites excluding steroid dienone is 3. The normalized spacial score (nSPS) is 26.9. The Bertz CT molecular complexity index is 2300. The van der Waals surface area contributed by atoms with Crippen molar-refractivity contribution in [3.05, 3.63) is 52.1 Å². The lowest BCUT2D eigenvalue weighted by atomic mass is 9.82. The third kappa shape index (κ3) is 19.6. The van der Waals surface area contributed by atoms with E-state index in [0.717, 1.165) is 21.6 Å². The molecule has 5 rings (SSSR count). The number of amides is 6. The van der Waals surface area contributed by atoms with Crippen LogP contribution in [0, 0.1) is 18.8 Å². The molecule has 6 amide bonds. The monoisotopic (exact) mass is 1120 g/mol. The number of rotatable bonds is 21. The Morgan fingerprint density at radius 2 is 1.68 bits per heavy atom. The number of hydrogen-bond donors (Lipinski definition) is 4. The highest BCUT2D eigenvalue weighted by molar-refractivity contribution is 8.00. The number of benzene rings is 1. The summed E-state index contributed by atoms with van der Waals surface area (Å²) in [5.74, 6) is -3.42. The van der Waals surface area contributed by atoms with Crippen LogP contribution in [0.3, 0.4) is 0 Å². The van der Waals surface area contributed by atoms with Gasteiger partial charge < -0.3 is 53.3 Å². The Labute approximate surface area is 460 Å². The Balaban J connectivity index is 0.000000740. The average Bonchev–Trinajstić information content (AvgIpc) is 3.99. The Hall–Kier alpha value is -5.14. The fourth-order valence-electron chi connectivity index (χ4n) is 8.70. The maximum atomic E-state index is 14.1. The second kappa shape index (κ2) is 30.9. The minimum atomic E-state index is -1.62. The number of carbonyl (C=O) groups is 8. The highest BCUT2D eigenvalue weighted by Crippen LogP contribution is 2.49. The van der Waals surface area contributed by atoms with Crippen molar-refractivity contribution in [2.75, 3.05) is 77.0 Å². The summed E-state index contributed by atoms with van der Waals surface area (Å²) in [6, 6.07) is 3.83. The van der Waals surface area contributed by atoms with Gasteiger partial charge in [0.1, 0.15) is 23.5 Å². The molecule has 1 aromatic rings. The number of hydroxylamine groups is 1. The molecule has 4 bridgehead atoms. The minimum absolute atomic E-state index is 0.0373. The molecule has 22 nitrogen and oxygen atoms in total. The summed E-state index contributed by atoms with van der Waals surface area (Å²) in [5.41, 5.74) is 2.37. The Morgan fingerprint density at radius 1 is 0.974 bits per heavy atom. The van der Waals surface area contributed by atoms with Crippen LogP contribution in [0.1, 0.15) is 98.6 Å².